The maximum absolute atomic E-state index is 12.0. The Kier molecular flexibility index (Phi) is 5.47. The van der Waals surface area contributed by atoms with Crippen LogP contribution in [0.5, 0.6) is 0 Å². The number of hydrogen-bond acceptors (Lipinski definition) is 5. The third kappa shape index (κ3) is 6.31. The van der Waals surface area contributed by atoms with E-state index in [1.807, 2.05) is 26.8 Å². The molecule has 0 saturated heterocycles. The van der Waals surface area contributed by atoms with E-state index in [0.29, 0.717) is 24.8 Å². The first kappa shape index (κ1) is 17.9. The molecule has 0 heterocycles. The van der Waals surface area contributed by atoms with Crippen molar-refractivity contribution in [2.45, 2.75) is 57.5 Å². The van der Waals surface area contributed by atoms with Crippen LogP contribution < -0.4 is 0 Å². The lowest BCUT2D eigenvalue weighted by Crippen LogP contribution is -2.36. The van der Waals surface area contributed by atoms with E-state index in [-0.39, 0.29) is 23.7 Å². The van der Waals surface area contributed by atoms with Crippen LogP contribution in [0, 0.1) is 5.92 Å². The zero-order valence-corrected chi connectivity index (χ0v) is 14.6. The van der Waals surface area contributed by atoms with Gasteiger partial charge in [-0.1, -0.05) is 30.3 Å². The van der Waals surface area contributed by atoms with Gasteiger partial charge in [-0.05, 0) is 45.1 Å². The second kappa shape index (κ2) is 7.01. The molecule has 1 aromatic carbocycles. The van der Waals surface area contributed by atoms with Gasteiger partial charge in [0.05, 0.1) is 6.10 Å². The normalized spacial score (nSPS) is 21.5. The van der Waals surface area contributed by atoms with Crippen LogP contribution in [0.3, 0.4) is 0 Å². The minimum absolute atomic E-state index is 0.124. The van der Waals surface area contributed by atoms with Crippen molar-refractivity contribution in [1.82, 2.24) is 0 Å². The summed E-state index contributed by atoms with van der Waals surface area (Å²) >= 11 is 0. The molecule has 2 rings (SSSR count). The summed E-state index contributed by atoms with van der Waals surface area (Å²) in [6.07, 6.45) is 1.15. The van der Waals surface area contributed by atoms with Gasteiger partial charge in [0.25, 0.3) is 10.1 Å². The number of carbonyl (C=O) groups is 1. The first-order chi connectivity index (χ1) is 10.6. The fraction of sp³-hybridized carbons (Fsp3) is 0.588. The summed E-state index contributed by atoms with van der Waals surface area (Å²) < 4.78 is 34.5. The minimum Gasteiger partial charge on any atom is -0.460 e. The van der Waals surface area contributed by atoms with E-state index in [0.717, 1.165) is 0 Å². The van der Waals surface area contributed by atoms with E-state index >= 15 is 0 Å². The van der Waals surface area contributed by atoms with E-state index in [1.54, 1.807) is 24.3 Å². The van der Waals surface area contributed by atoms with Crippen LogP contribution in [-0.2, 0) is 29.6 Å². The Labute approximate surface area is 138 Å². The minimum atomic E-state index is -3.59. The van der Waals surface area contributed by atoms with Crippen LogP contribution in [-0.4, -0.2) is 26.1 Å². The topological polar surface area (TPSA) is 69.7 Å². The molecule has 5 nitrogen and oxygen atoms in total. The fourth-order valence-corrected chi connectivity index (χ4v) is 3.80. The Hall–Kier alpha value is -1.40. The van der Waals surface area contributed by atoms with Gasteiger partial charge in [-0.2, -0.15) is 8.42 Å². The Bertz CT molecular complexity index is 625. The van der Waals surface area contributed by atoms with Crippen LogP contribution in [0.2, 0.25) is 0 Å². The van der Waals surface area contributed by atoms with Crippen molar-refractivity contribution in [2.75, 3.05) is 0 Å². The van der Waals surface area contributed by atoms with Gasteiger partial charge < -0.3 is 4.74 Å². The van der Waals surface area contributed by atoms with Crippen LogP contribution in [0.1, 0.15) is 45.6 Å². The molecule has 1 fully saturated rings. The molecule has 128 valence electrons. The van der Waals surface area contributed by atoms with Gasteiger partial charge in [-0.3, -0.25) is 8.98 Å². The van der Waals surface area contributed by atoms with Gasteiger partial charge in [0.2, 0.25) is 0 Å². The van der Waals surface area contributed by atoms with Gasteiger partial charge in [-0.15, -0.1) is 0 Å². The highest BCUT2D eigenvalue weighted by atomic mass is 32.2. The summed E-state index contributed by atoms with van der Waals surface area (Å²) in [7, 11) is -3.59. The van der Waals surface area contributed by atoms with Gasteiger partial charge in [0, 0.05) is 6.42 Å². The van der Waals surface area contributed by atoms with Gasteiger partial charge >= 0.3 is 5.97 Å². The Morgan fingerprint density at radius 1 is 1.17 bits per heavy atom. The molecule has 0 aliphatic heterocycles. The van der Waals surface area contributed by atoms with Crippen molar-refractivity contribution in [3.05, 3.63) is 35.9 Å². The number of benzene rings is 1. The summed E-state index contributed by atoms with van der Waals surface area (Å²) in [6, 6.07) is 8.94. The van der Waals surface area contributed by atoms with E-state index in [4.69, 9.17) is 8.92 Å². The van der Waals surface area contributed by atoms with Gasteiger partial charge in [0.1, 0.15) is 11.4 Å². The standard InChI is InChI=1S/C17H24O5S/c1-17(2,3)21-16(18)11-14-9-15(10-14)22-23(19,20)12-13-7-5-4-6-8-13/h4-8,14-15H,9-12H2,1-3H3. The van der Waals surface area contributed by atoms with Crippen molar-refractivity contribution in [1.29, 1.82) is 0 Å². The molecule has 1 saturated carbocycles. The Morgan fingerprint density at radius 3 is 2.35 bits per heavy atom. The molecule has 23 heavy (non-hydrogen) atoms. The molecular weight excluding hydrogens is 316 g/mol. The number of ether oxygens (including phenoxy) is 1. The second-order valence-corrected chi connectivity index (χ2v) is 8.63. The largest absolute Gasteiger partial charge is 0.460 e. The molecule has 0 unspecified atom stereocenters. The predicted molar refractivity (Wildman–Crippen MR) is 87.1 cm³/mol. The molecule has 0 bridgehead atoms. The maximum atomic E-state index is 12.0. The average Bonchev–Trinajstić information content (AvgIpc) is 2.34. The molecule has 0 N–H and O–H groups in total. The first-order valence-electron chi connectivity index (χ1n) is 7.80. The fourth-order valence-electron chi connectivity index (χ4n) is 2.56. The lowest BCUT2D eigenvalue weighted by molar-refractivity contribution is -0.157. The lowest BCUT2D eigenvalue weighted by atomic mass is 9.80. The highest BCUT2D eigenvalue weighted by Crippen LogP contribution is 2.34. The van der Waals surface area contributed by atoms with Crippen molar-refractivity contribution < 1.29 is 22.1 Å². The SMILES string of the molecule is CC(C)(C)OC(=O)CC1CC(OS(=O)(=O)Cc2ccccc2)C1. The van der Waals surface area contributed by atoms with Crippen LogP contribution >= 0.6 is 0 Å². The first-order valence-corrected chi connectivity index (χ1v) is 9.37. The predicted octanol–water partition coefficient (Wildman–Crippen LogP) is 3.04. The maximum Gasteiger partial charge on any atom is 0.306 e. The number of rotatable bonds is 6. The molecule has 0 radical (unpaired) electrons. The molecule has 0 amide bonds. The summed E-state index contributed by atoms with van der Waals surface area (Å²) in [4.78, 5) is 11.7. The van der Waals surface area contributed by atoms with Crippen molar-refractivity contribution in [3.8, 4) is 0 Å². The second-order valence-electron chi connectivity index (χ2n) is 7.03. The average molecular weight is 340 g/mol. The van der Waals surface area contributed by atoms with Crippen molar-refractivity contribution in [3.63, 3.8) is 0 Å². The smallest absolute Gasteiger partial charge is 0.306 e. The van der Waals surface area contributed by atoms with E-state index < -0.39 is 15.7 Å². The monoisotopic (exact) mass is 340 g/mol. The van der Waals surface area contributed by atoms with Crippen LogP contribution in [0.15, 0.2) is 30.3 Å². The highest BCUT2D eigenvalue weighted by Gasteiger charge is 2.35. The zero-order chi connectivity index (χ0) is 17.1. The molecule has 6 heteroatoms. The Balaban J connectivity index is 1.74. The third-order valence-corrected chi connectivity index (χ3v) is 4.79. The molecular formula is C17H24O5S. The molecule has 1 aliphatic carbocycles. The summed E-state index contributed by atoms with van der Waals surface area (Å²) in [5.41, 5.74) is 0.215. The highest BCUT2D eigenvalue weighted by molar-refractivity contribution is 7.85. The Morgan fingerprint density at radius 2 is 1.78 bits per heavy atom. The molecule has 0 atom stereocenters. The lowest BCUT2D eigenvalue weighted by Gasteiger charge is -2.34. The molecule has 1 aliphatic rings. The van der Waals surface area contributed by atoms with Crippen molar-refractivity contribution >= 4 is 16.1 Å². The van der Waals surface area contributed by atoms with E-state index in [2.05, 4.69) is 0 Å². The number of esters is 1. The van der Waals surface area contributed by atoms with Gasteiger partial charge in [0.15, 0.2) is 0 Å². The molecule has 0 spiro atoms. The third-order valence-electron chi connectivity index (χ3n) is 3.54. The number of hydrogen-bond donors (Lipinski definition) is 0. The molecule has 1 aromatic rings. The van der Waals surface area contributed by atoms with Gasteiger partial charge in [-0.25, -0.2) is 0 Å². The van der Waals surface area contributed by atoms with E-state index in [9.17, 15) is 13.2 Å². The van der Waals surface area contributed by atoms with Crippen molar-refractivity contribution in [2.24, 2.45) is 5.92 Å². The summed E-state index contributed by atoms with van der Waals surface area (Å²) in [5.74, 6) is -0.226. The summed E-state index contributed by atoms with van der Waals surface area (Å²) in [6.45, 7) is 5.48. The van der Waals surface area contributed by atoms with Crippen LogP contribution in [0.4, 0.5) is 0 Å². The van der Waals surface area contributed by atoms with E-state index in [1.165, 1.54) is 0 Å². The summed E-state index contributed by atoms with van der Waals surface area (Å²) in [5, 5.41) is 0. The quantitative estimate of drug-likeness (QED) is 0.588. The number of carbonyl (C=O) groups excluding carboxylic acids is 1. The molecule has 0 aromatic heterocycles. The zero-order valence-electron chi connectivity index (χ0n) is 13.8. The van der Waals surface area contributed by atoms with Crippen LogP contribution in [0.25, 0.3) is 0 Å².